The van der Waals surface area contributed by atoms with Crippen molar-refractivity contribution >= 4 is 18.3 Å². The van der Waals surface area contributed by atoms with Crippen molar-refractivity contribution in [3.8, 4) is 0 Å². The van der Waals surface area contributed by atoms with Gasteiger partial charge in [0.2, 0.25) is 5.91 Å². The molecule has 2 rings (SSSR count). The van der Waals surface area contributed by atoms with Crippen LogP contribution in [-0.2, 0) is 4.79 Å². The number of piperidine rings is 1. The van der Waals surface area contributed by atoms with E-state index in [0.29, 0.717) is 23.3 Å². The first-order chi connectivity index (χ1) is 8.62. The van der Waals surface area contributed by atoms with Crippen LogP contribution in [0.3, 0.4) is 0 Å². The molecule has 2 atom stereocenters. The SMILES string of the molecule is CCCN(C(=O)C1CC1(C)CC)C1CCNCC1.Cl. The number of carbonyl (C=O) groups is 1. The van der Waals surface area contributed by atoms with Crippen LogP contribution in [-0.4, -0.2) is 36.5 Å². The third-order valence-corrected chi connectivity index (χ3v) is 4.95. The quantitative estimate of drug-likeness (QED) is 0.844. The van der Waals surface area contributed by atoms with Crippen LogP contribution in [0.4, 0.5) is 0 Å². The minimum absolute atomic E-state index is 0. The summed E-state index contributed by atoms with van der Waals surface area (Å²) in [7, 11) is 0. The van der Waals surface area contributed by atoms with E-state index < -0.39 is 0 Å². The Balaban J connectivity index is 0.00000180. The van der Waals surface area contributed by atoms with Crippen molar-refractivity contribution in [2.75, 3.05) is 19.6 Å². The van der Waals surface area contributed by atoms with Crippen LogP contribution in [0.5, 0.6) is 0 Å². The Morgan fingerprint density at radius 1 is 1.32 bits per heavy atom. The molecule has 1 N–H and O–H groups in total. The van der Waals surface area contributed by atoms with Gasteiger partial charge in [-0.3, -0.25) is 4.79 Å². The number of nitrogens with one attached hydrogen (secondary N) is 1. The smallest absolute Gasteiger partial charge is 0.226 e. The fourth-order valence-electron chi connectivity index (χ4n) is 3.22. The molecule has 2 fully saturated rings. The van der Waals surface area contributed by atoms with Gasteiger partial charge in [-0.05, 0) is 50.6 Å². The Morgan fingerprint density at radius 2 is 1.95 bits per heavy atom. The molecule has 3 nitrogen and oxygen atoms in total. The van der Waals surface area contributed by atoms with Crippen LogP contribution in [0.15, 0.2) is 0 Å². The van der Waals surface area contributed by atoms with Crippen LogP contribution in [0.1, 0.15) is 52.9 Å². The zero-order chi connectivity index (χ0) is 13.2. The van der Waals surface area contributed by atoms with Gasteiger partial charge in [-0.15, -0.1) is 12.4 Å². The molecule has 0 bridgehead atoms. The molecule has 2 aliphatic rings. The molecule has 1 aliphatic carbocycles. The topological polar surface area (TPSA) is 32.3 Å². The molecule has 0 radical (unpaired) electrons. The van der Waals surface area contributed by atoms with E-state index in [0.717, 1.165) is 51.7 Å². The summed E-state index contributed by atoms with van der Waals surface area (Å²) in [5.41, 5.74) is 0.302. The van der Waals surface area contributed by atoms with Gasteiger partial charge >= 0.3 is 0 Å². The second-order valence-corrected chi connectivity index (χ2v) is 6.28. The zero-order valence-corrected chi connectivity index (χ0v) is 13.4. The fraction of sp³-hybridized carbons (Fsp3) is 0.933. The number of hydrogen-bond acceptors (Lipinski definition) is 2. The van der Waals surface area contributed by atoms with Crippen molar-refractivity contribution < 1.29 is 4.79 Å². The van der Waals surface area contributed by atoms with E-state index >= 15 is 0 Å². The number of carbonyl (C=O) groups excluding carboxylic acids is 1. The van der Waals surface area contributed by atoms with Crippen LogP contribution < -0.4 is 5.32 Å². The maximum absolute atomic E-state index is 12.7. The van der Waals surface area contributed by atoms with E-state index in [1.165, 1.54) is 0 Å². The molecule has 0 aromatic rings. The molecule has 4 heteroatoms. The van der Waals surface area contributed by atoms with Gasteiger partial charge in [0, 0.05) is 18.5 Å². The molecular formula is C15H29ClN2O. The highest BCUT2D eigenvalue weighted by Gasteiger charge is 2.54. The number of rotatable bonds is 5. The van der Waals surface area contributed by atoms with Crippen molar-refractivity contribution in [2.24, 2.45) is 11.3 Å². The van der Waals surface area contributed by atoms with Gasteiger partial charge in [-0.25, -0.2) is 0 Å². The van der Waals surface area contributed by atoms with E-state index in [1.807, 2.05) is 0 Å². The van der Waals surface area contributed by atoms with Gasteiger partial charge in [0.15, 0.2) is 0 Å². The Labute approximate surface area is 123 Å². The van der Waals surface area contributed by atoms with E-state index in [9.17, 15) is 4.79 Å². The summed E-state index contributed by atoms with van der Waals surface area (Å²) in [6.45, 7) is 9.72. The van der Waals surface area contributed by atoms with E-state index in [4.69, 9.17) is 0 Å². The second kappa shape index (κ2) is 6.94. The van der Waals surface area contributed by atoms with Gasteiger partial charge in [0.05, 0.1) is 0 Å². The van der Waals surface area contributed by atoms with E-state index in [1.54, 1.807) is 0 Å². The van der Waals surface area contributed by atoms with E-state index in [-0.39, 0.29) is 12.4 Å². The molecule has 1 heterocycles. The van der Waals surface area contributed by atoms with Gasteiger partial charge in [0.1, 0.15) is 0 Å². The Morgan fingerprint density at radius 3 is 2.42 bits per heavy atom. The van der Waals surface area contributed by atoms with Crippen molar-refractivity contribution in [3.63, 3.8) is 0 Å². The molecule has 0 aromatic carbocycles. The highest BCUT2D eigenvalue weighted by Crippen LogP contribution is 2.55. The van der Waals surface area contributed by atoms with Gasteiger partial charge in [-0.2, -0.15) is 0 Å². The predicted molar refractivity (Wildman–Crippen MR) is 81.6 cm³/mol. The summed E-state index contributed by atoms with van der Waals surface area (Å²) in [6.07, 6.45) is 5.57. The molecule has 19 heavy (non-hydrogen) atoms. The second-order valence-electron chi connectivity index (χ2n) is 6.28. The summed E-state index contributed by atoms with van der Waals surface area (Å²) in [5.74, 6) is 0.747. The number of halogens is 1. The molecule has 1 saturated carbocycles. The van der Waals surface area contributed by atoms with Gasteiger partial charge in [0.25, 0.3) is 0 Å². The molecular weight excluding hydrogens is 260 g/mol. The lowest BCUT2D eigenvalue weighted by Gasteiger charge is -2.35. The Kier molecular flexibility index (Phi) is 6.13. The molecule has 0 spiro atoms. The van der Waals surface area contributed by atoms with Crippen LogP contribution in [0.25, 0.3) is 0 Å². The minimum atomic E-state index is 0. The van der Waals surface area contributed by atoms with Crippen molar-refractivity contribution in [1.29, 1.82) is 0 Å². The zero-order valence-electron chi connectivity index (χ0n) is 12.6. The molecule has 1 amide bonds. The first-order valence-corrected chi connectivity index (χ1v) is 7.63. The van der Waals surface area contributed by atoms with Gasteiger partial charge < -0.3 is 10.2 Å². The third-order valence-electron chi connectivity index (χ3n) is 4.95. The third kappa shape index (κ3) is 3.63. The molecule has 1 aliphatic heterocycles. The Bertz CT molecular complexity index is 305. The monoisotopic (exact) mass is 288 g/mol. The van der Waals surface area contributed by atoms with Crippen molar-refractivity contribution in [1.82, 2.24) is 10.2 Å². The van der Waals surface area contributed by atoms with Crippen LogP contribution >= 0.6 is 12.4 Å². The standard InChI is InChI=1S/C15H28N2O.ClH/c1-4-10-17(12-6-8-16-9-7-12)14(18)13-11-15(13,3)5-2;/h12-13,16H,4-11H2,1-3H3;1H. The highest BCUT2D eigenvalue weighted by atomic mass is 35.5. The number of nitrogens with zero attached hydrogens (tertiary/aromatic N) is 1. The van der Waals surface area contributed by atoms with Crippen molar-refractivity contribution in [2.45, 2.75) is 58.9 Å². The van der Waals surface area contributed by atoms with Crippen molar-refractivity contribution in [3.05, 3.63) is 0 Å². The van der Waals surface area contributed by atoms with Gasteiger partial charge in [-0.1, -0.05) is 20.8 Å². The minimum Gasteiger partial charge on any atom is -0.339 e. The molecule has 1 saturated heterocycles. The first kappa shape index (κ1) is 16.8. The fourth-order valence-corrected chi connectivity index (χ4v) is 3.22. The molecule has 0 aromatic heterocycles. The average molecular weight is 289 g/mol. The lowest BCUT2D eigenvalue weighted by Crippen LogP contribution is -2.47. The first-order valence-electron chi connectivity index (χ1n) is 7.63. The lowest BCUT2D eigenvalue weighted by molar-refractivity contribution is -0.136. The van der Waals surface area contributed by atoms with Crippen LogP contribution in [0.2, 0.25) is 0 Å². The summed E-state index contributed by atoms with van der Waals surface area (Å²) < 4.78 is 0. The maximum atomic E-state index is 12.7. The lowest BCUT2D eigenvalue weighted by atomic mass is 10.00. The van der Waals surface area contributed by atoms with E-state index in [2.05, 4.69) is 31.0 Å². The Hall–Kier alpha value is -0.280. The summed E-state index contributed by atoms with van der Waals surface area (Å²) >= 11 is 0. The highest BCUT2D eigenvalue weighted by molar-refractivity contribution is 5.85. The molecule has 2 unspecified atom stereocenters. The number of amides is 1. The van der Waals surface area contributed by atoms with Crippen LogP contribution in [0, 0.1) is 11.3 Å². The summed E-state index contributed by atoms with van der Waals surface area (Å²) in [6, 6.07) is 0.486. The summed E-state index contributed by atoms with van der Waals surface area (Å²) in [4.78, 5) is 14.9. The summed E-state index contributed by atoms with van der Waals surface area (Å²) in [5, 5.41) is 3.38. The maximum Gasteiger partial charge on any atom is 0.226 e. The normalized spacial score (nSPS) is 30.6. The molecule has 112 valence electrons. The predicted octanol–water partition coefficient (Wildman–Crippen LogP) is 2.84. The number of hydrogen-bond donors (Lipinski definition) is 1. The average Bonchev–Trinajstić information content (AvgIpc) is 3.09. The largest absolute Gasteiger partial charge is 0.339 e.